The Labute approximate surface area is 168 Å². The number of imidazole rings is 1. The third-order valence-corrected chi connectivity index (χ3v) is 4.05. The van der Waals surface area contributed by atoms with Crippen molar-refractivity contribution in [2.45, 2.75) is 25.9 Å². The Morgan fingerprint density at radius 2 is 1.93 bits per heavy atom. The van der Waals surface area contributed by atoms with Crippen LogP contribution in [0.2, 0.25) is 5.02 Å². The SMILES string of the molecule is CCN(Cn1c(C(F)(F)F)nc2c(Cl)cc(OC(F)(F)CF)c(OF)c21)C(=O)OC. The van der Waals surface area contributed by atoms with Crippen LogP contribution >= 0.6 is 11.6 Å². The number of ether oxygens (including phenoxy) is 2. The molecule has 0 aliphatic carbocycles. The number of hydrogen-bond donors (Lipinski definition) is 0. The molecule has 1 amide bonds. The molecule has 0 saturated carbocycles. The smallest absolute Gasteiger partial charge is 0.449 e. The number of carbonyl (C=O) groups is 1. The van der Waals surface area contributed by atoms with Crippen molar-refractivity contribution in [1.29, 1.82) is 0 Å². The molecule has 7 nitrogen and oxygen atoms in total. The highest BCUT2D eigenvalue weighted by atomic mass is 35.5. The zero-order valence-corrected chi connectivity index (χ0v) is 16.0. The topological polar surface area (TPSA) is 65.8 Å². The molecule has 0 aliphatic rings. The summed E-state index contributed by atoms with van der Waals surface area (Å²) in [7, 11) is 0.972. The van der Waals surface area contributed by atoms with Gasteiger partial charge in [-0.3, -0.25) is 14.4 Å². The number of hydrogen-bond acceptors (Lipinski definition) is 5. The quantitative estimate of drug-likeness (QED) is 0.539. The second kappa shape index (κ2) is 8.62. The van der Waals surface area contributed by atoms with Crippen LogP contribution in [0.15, 0.2) is 6.07 Å². The average molecular weight is 468 g/mol. The number of fused-ring (bicyclic) bond motifs is 1. The Kier molecular flexibility index (Phi) is 6.79. The third kappa shape index (κ3) is 4.57. The summed E-state index contributed by atoms with van der Waals surface area (Å²) in [5.41, 5.74) is -1.54. The highest BCUT2D eigenvalue weighted by Gasteiger charge is 2.41. The molecule has 2 rings (SSSR count). The highest BCUT2D eigenvalue weighted by Crippen LogP contribution is 2.44. The van der Waals surface area contributed by atoms with E-state index in [0.29, 0.717) is 6.07 Å². The molecule has 2 aromatic rings. The normalized spacial score (nSPS) is 12.2. The van der Waals surface area contributed by atoms with Crippen molar-refractivity contribution >= 4 is 28.7 Å². The molecular formula is C15H13ClF7N3O4. The molecule has 0 radical (unpaired) electrons. The van der Waals surface area contributed by atoms with Crippen molar-refractivity contribution in [1.82, 2.24) is 14.5 Å². The lowest BCUT2D eigenvalue weighted by Gasteiger charge is -2.22. The number of benzene rings is 1. The summed E-state index contributed by atoms with van der Waals surface area (Å²) in [6.07, 6.45) is -10.6. The van der Waals surface area contributed by atoms with Crippen molar-refractivity contribution in [3.05, 3.63) is 16.9 Å². The monoisotopic (exact) mass is 467 g/mol. The van der Waals surface area contributed by atoms with Crippen LogP contribution in [0.3, 0.4) is 0 Å². The number of nitrogens with zero attached hydrogens (tertiary/aromatic N) is 3. The van der Waals surface area contributed by atoms with E-state index in [0.717, 1.165) is 12.0 Å². The van der Waals surface area contributed by atoms with E-state index in [1.165, 1.54) is 6.92 Å². The van der Waals surface area contributed by atoms with Crippen LogP contribution < -0.4 is 9.68 Å². The lowest BCUT2D eigenvalue weighted by molar-refractivity contribution is -0.188. The van der Waals surface area contributed by atoms with Crippen LogP contribution in [0.4, 0.5) is 35.7 Å². The predicted octanol–water partition coefficient (Wildman–Crippen LogP) is 4.96. The Balaban J connectivity index is 2.83. The largest absolute Gasteiger partial charge is 0.453 e. The van der Waals surface area contributed by atoms with Crippen molar-refractivity contribution in [2.24, 2.45) is 0 Å². The summed E-state index contributed by atoms with van der Waals surface area (Å²) in [6, 6.07) is 0.498. The Morgan fingerprint density at radius 3 is 2.40 bits per heavy atom. The molecule has 0 N–H and O–H groups in total. The first-order chi connectivity index (χ1) is 13.9. The summed E-state index contributed by atoms with van der Waals surface area (Å²) < 4.78 is 102. The maximum atomic E-state index is 13.5. The van der Waals surface area contributed by atoms with Crippen molar-refractivity contribution in [2.75, 3.05) is 20.3 Å². The number of carbonyl (C=O) groups excluding carboxylic acids is 1. The molecule has 168 valence electrons. The predicted molar refractivity (Wildman–Crippen MR) is 87.8 cm³/mol. The van der Waals surface area contributed by atoms with E-state index >= 15 is 0 Å². The van der Waals surface area contributed by atoms with E-state index in [2.05, 4.69) is 19.4 Å². The summed E-state index contributed by atoms with van der Waals surface area (Å²) in [5.74, 6) is -4.10. The number of rotatable bonds is 7. The fourth-order valence-electron chi connectivity index (χ4n) is 2.49. The summed E-state index contributed by atoms with van der Waals surface area (Å²) in [6.45, 7) is -1.98. The number of alkyl halides is 6. The van der Waals surface area contributed by atoms with Gasteiger partial charge in [-0.2, -0.15) is 22.0 Å². The standard InChI is InChI=1S/C15H13ClF7N3O4/c1-3-25(13(27)28-2)6-26-10-9(24-12(26)15(20,21)22)7(16)4-8(11(10)30-23)29-14(18,19)5-17/h4H,3,5-6H2,1-2H3. The number of aromatic nitrogens is 2. The number of methoxy groups -OCH3 is 1. The molecule has 0 spiro atoms. The van der Waals surface area contributed by atoms with E-state index in [-0.39, 0.29) is 11.1 Å². The Hall–Kier alpha value is -2.64. The molecule has 0 bridgehead atoms. The van der Waals surface area contributed by atoms with Gasteiger partial charge in [0.15, 0.2) is 12.4 Å². The Bertz CT molecular complexity index is 935. The third-order valence-electron chi connectivity index (χ3n) is 3.76. The van der Waals surface area contributed by atoms with Crippen molar-refractivity contribution in [3.8, 4) is 11.5 Å². The molecule has 0 saturated heterocycles. The first-order valence-electron chi connectivity index (χ1n) is 7.94. The van der Waals surface area contributed by atoms with E-state index in [4.69, 9.17) is 11.6 Å². The van der Waals surface area contributed by atoms with Gasteiger partial charge in [0, 0.05) is 17.1 Å². The molecule has 30 heavy (non-hydrogen) atoms. The van der Waals surface area contributed by atoms with Gasteiger partial charge in [0.1, 0.15) is 17.7 Å². The van der Waals surface area contributed by atoms with Crippen LogP contribution in [0.5, 0.6) is 11.5 Å². The molecular weight excluding hydrogens is 455 g/mol. The number of halogens is 8. The van der Waals surface area contributed by atoms with Gasteiger partial charge in [-0.25, -0.2) is 14.2 Å². The second-order valence-electron chi connectivity index (χ2n) is 5.66. The first kappa shape index (κ1) is 23.6. The van der Waals surface area contributed by atoms with E-state index < -0.39 is 65.1 Å². The van der Waals surface area contributed by atoms with Gasteiger partial charge in [-0.05, 0) is 6.92 Å². The highest BCUT2D eigenvalue weighted by molar-refractivity contribution is 6.35. The van der Waals surface area contributed by atoms with E-state index in [1.54, 1.807) is 0 Å². The Morgan fingerprint density at radius 1 is 1.30 bits per heavy atom. The molecule has 0 aliphatic heterocycles. The second-order valence-corrected chi connectivity index (χ2v) is 6.07. The minimum absolute atomic E-state index is 0.153. The van der Waals surface area contributed by atoms with Gasteiger partial charge in [0.05, 0.1) is 12.1 Å². The van der Waals surface area contributed by atoms with Gasteiger partial charge >= 0.3 is 18.4 Å². The zero-order chi connectivity index (χ0) is 22.9. The fraction of sp³-hybridized carbons (Fsp3) is 0.467. The zero-order valence-electron chi connectivity index (χ0n) is 15.2. The molecule has 15 heteroatoms. The molecule has 0 fully saturated rings. The van der Waals surface area contributed by atoms with Crippen molar-refractivity contribution in [3.63, 3.8) is 0 Å². The van der Waals surface area contributed by atoms with Crippen LogP contribution in [0.1, 0.15) is 12.7 Å². The van der Waals surface area contributed by atoms with Gasteiger partial charge in [-0.15, -0.1) is 0 Å². The lowest BCUT2D eigenvalue weighted by atomic mass is 10.2. The van der Waals surface area contributed by atoms with Gasteiger partial charge < -0.3 is 9.47 Å². The van der Waals surface area contributed by atoms with Crippen LogP contribution in [-0.4, -0.2) is 47.0 Å². The van der Waals surface area contributed by atoms with Crippen LogP contribution in [0.25, 0.3) is 11.0 Å². The van der Waals surface area contributed by atoms with Crippen molar-refractivity contribution < 1.29 is 50.1 Å². The molecule has 1 heterocycles. The maximum absolute atomic E-state index is 13.5. The molecule has 0 unspecified atom stereocenters. The van der Waals surface area contributed by atoms with Gasteiger partial charge in [-0.1, -0.05) is 11.6 Å². The van der Waals surface area contributed by atoms with Gasteiger partial charge in [0.2, 0.25) is 11.6 Å². The lowest BCUT2D eigenvalue weighted by Crippen LogP contribution is -2.34. The summed E-state index contributed by atoms with van der Waals surface area (Å²) >= 11 is 5.81. The van der Waals surface area contributed by atoms with E-state index in [1.807, 2.05) is 0 Å². The fourth-order valence-corrected chi connectivity index (χ4v) is 2.73. The molecule has 1 aromatic carbocycles. The summed E-state index contributed by atoms with van der Waals surface area (Å²) in [5, 5.41) is -0.652. The average Bonchev–Trinajstić information content (AvgIpc) is 3.05. The number of amides is 1. The van der Waals surface area contributed by atoms with Gasteiger partial charge in [0.25, 0.3) is 0 Å². The minimum atomic E-state index is -5.13. The molecule has 0 atom stereocenters. The summed E-state index contributed by atoms with van der Waals surface area (Å²) in [4.78, 5) is 19.3. The van der Waals surface area contributed by atoms with E-state index in [9.17, 15) is 35.7 Å². The van der Waals surface area contributed by atoms with Crippen LogP contribution in [-0.2, 0) is 17.6 Å². The first-order valence-corrected chi connectivity index (χ1v) is 8.32. The molecule has 1 aromatic heterocycles. The maximum Gasteiger partial charge on any atom is 0.449 e. The van der Waals surface area contributed by atoms with Crippen LogP contribution in [0, 0.1) is 0 Å². The minimum Gasteiger partial charge on any atom is -0.453 e.